The third-order valence-corrected chi connectivity index (χ3v) is 4.26. The largest absolute Gasteiger partial charge is 0.492 e. The second kappa shape index (κ2) is 9.73. The molecule has 0 saturated carbocycles. The van der Waals surface area contributed by atoms with E-state index in [1.54, 1.807) is 6.07 Å². The normalized spacial score (nSPS) is 11.6. The van der Waals surface area contributed by atoms with E-state index >= 15 is 0 Å². The van der Waals surface area contributed by atoms with Gasteiger partial charge < -0.3 is 20.3 Å². The summed E-state index contributed by atoms with van der Waals surface area (Å²) < 4.78 is 5.51. The molecule has 2 aromatic carbocycles. The number of para-hydroxylation sites is 2. The number of aryl methyl sites for hydroxylation is 1. The van der Waals surface area contributed by atoms with Crippen molar-refractivity contribution in [3.63, 3.8) is 0 Å². The number of hydrogen-bond acceptors (Lipinski definition) is 3. The number of hydrogen-bond donors (Lipinski definition) is 3. The fourth-order valence-electron chi connectivity index (χ4n) is 2.74. The lowest BCUT2D eigenvalue weighted by atomic mass is 10.1. The first-order chi connectivity index (χ1) is 12.9. The van der Waals surface area contributed by atoms with Crippen LogP contribution in [-0.2, 0) is 9.59 Å². The van der Waals surface area contributed by atoms with Crippen molar-refractivity contribution in [3.8, 4) is 5.75 Å². The standard InChI is InChI=1S/C21H27N3O3/c1-5-27-19-12-7-6-10-18(19)23-21(26)14-24(4)13-20(25)22-17-11-8-9-15(2)16(17)3/h6-12H,5,13-14H2,1-4H3,(H,22,25)(H,23,26)/p+1. The Morgan fingerprint density at radius 2 is 1.52 bits per heavy atom. The van der Waals surface area contributed by atoms with Gasteiger partial charge in [-0.1, -0.05) is 24.3 Å². The summed E-state index contributed by atoms with van der Waals surface area (Å²) in [5.41, 5.74) is 3.62. The Kier molecular flexibility index (Phi) is 7.37. The first kappa shape index (κ1) is 20.5. The molecule has 1 unspecified atom stereocenters. The average Bonchev–Trinajstić information content (AvgIpc) is 2.60. The lowest BCUT2D eigenvalue weighted by molar-refractivity contribution is -0.862. The number of rotatable bonds is 8. The minimum absolute atomic E-state index is 0.122. The predicted octanol–water partition coefficient (Wildman–Crippen LogP) is 1.79. The van der Waals surface area contributed by atoms with Crippen molar-refractivity contribution in [1.29, 1.82) is 0 Å². The highest BCUT2D eigenvalue weighted by Crippen LogP contribution is 2.23. The molecule has 2 aromatic rings. The molecule has 144 valence electrons. The van der Waals surface area contributed by atoms with Gasteiger partial charge >= 0.3 is 0 Å². The van der Waals surface area contributed by atoms with E-state index < -0.39 is 0 Å². The molecule has 0 aliphatic heterocycles. The van der Waals surface area contributed by atoms with Gasteiger partial charge in [-0.2, -0.15) is 0 Å². The van der Waals surface area contributed by atoms with Crippen molar-refractivity contribution in [3.05, 3.63) is 53.6 Å². The van der Waals surface area contributed by atoms with Crippen LogP contribution < -0.4 is 20.3 Å². The van der Waals surface area contributed by atoms with E-state index in [1.807, 2.05) is 64.2 Å². The molecule has 1 atom stereocenters. The van der Waals surface area contributed by atoms with Crippen molar-refractivity contribution >= 4 is 23.2 Å². The number of carbonyl (C=O) groups is 2. The molecule has 0 saturated heterocycles. The molecule has 0 aliphatic rings. The van der Waals surface area contributed by atoms with Gasteiger partial charge in [-0.15, -0.1) is 0 Å². The lowest BCUT2D eigenvalue weighted by Gasteiger charge is -2.16. The van der Waals surface area contributed by atoms with Gasteiger partial charge in [-0.3, -0.25) is 9.59 Å². The van der Waals surface area contributed by atoms with Crippen molar-refractivity contribution in [2.24, 2.45) is 0 Å². The number of carbonyl (C=O) groups excluding carboxylic acids is 2. The predicted molar refractivity (Wildman–Crippen MR) is 107 cm³/mol. The number of nitrogens with one attached hydrogen (secondary N) is 3. The number of likely N-dealkylation sites (N-methyl/N-ethyl adjacent to an activating group) is 1. The quantitative estimate of drug-likeness (QED) is 0.663. The van der Waals surface area contributed by atoms with Gasteiger partial charge in [-0.25, -0.2) is 0 Å². The summed E-state index contributed by atoms with van der Waals surface area (Å²) in [6.45, 7) is 6.79. The molecule has 2 amide bonds. The molecule has 0 aromatic heterocycles. The monoisotopic (exact) mass is 370 g/mol. The molecule has 0 aliphatic carbocycles. The Balaban J connectivity index is 1.87. The van der Waals surface area contributed by atoms with Gasteiger partial charge in [0.2, 0.25) is 0 Å². The van der Waals surface area contributed by atoms with Crippen LogP contribution >= 0.6 is 0 Å². The fraction of sp³-hybridized carbons (Fsp3) is 0.333. The van der Waals surface area contributed by atoms with Gasteiger partial charge in [0.05, 0.1) is 19.3 Å². The van der Waals surface area contributed by atoms with Crippen LogP contribution in [0.4, 0.5) is 11.4 Å². The third-order valence-electron chi connectivity index (χ3n) is 4.26. The maximum Gasteiger partial charge on any atom is 0.279 e. The first-order valence-electron chi connectivity index (χ1n) is 9.09. The Morgan fingerprint density at radius 1 is 0.926 bits per heavy atom. The van der Waals surface area contributed by atoms with E-state index in [1.165, 1.54) is 0 Å². The zero-order chi connectivity index (χ0) is 19.8. The van der Waals surface area contributed by atoms with E-state index in [9.17, 15) is 9.59 Å². The van der Waals surface area contributed by atoms with E-state index in [0.29, 0.717) is 18.0 Å². The number of ether oxygens (including phenoxy) is 1. The molecule has 6 nitrogen and oxygen atoms in total. The molecule has 0 fully saturated rings. The van der Waals surface area contributed by atoms with E-state index in [0.717, 1.165) is 21.7 Å². The van der Waals surface area contributed by atoms with Crippen LogP contribution in [0.1, 0.15) is 18.1 Å². The number of anilines is 2. The summed E-state index contributed by atoms with van der Waals surface area (Å²) in [6, 6.07) is 13.1. The van der Waals surface area contributed by atoms with Crippen LogP contribution in [0.5, 0.6) is 5.75 Å². The number of quaternary nitrogens is 1. The first-order valence-corrected chi connectivity index (χ1v) is 9.09. The molecule has 2 rings (SSSR count). The lowest BCUT2D eigenvalue weighted by Crippen LogP contribution is -3.11. The van der Waals surface area contributed by atoms with Crippen LogP contribution in [-0.4, -0.2) is 38.6 Å². The van der Waals surface area contributed by atoms with Crippen molar-refractivity contribution in [1.82, 2.24) is 0 Å². The second-order valence-electron chi connectivity index (χ2n) is 6.58. The maximum absolute atomic E-state index is 12.3. The maximum atomic E-state index is 12.3. The Labute approximate surface area is 160 Å². The van der Waals surface area contributed by atoms with E-state index in [-0.39, 0.29) is 24.9 Å². The minimum atomic E-state index is -0.167. The summed E-state index contributed by atoms with van der Waals surface area (Å²) in [6.07, 6.45) is 0. The Morgan fingerprint density at radius 3 is 2.19 bits per heavy atom. The van der Waals surface area contributed by atoms with Crippen molar-refractivity contribution in [2.45, 2.75) is 20.8 Å². The van der Waals surface area contributed by atoms with Gasteiger partial charge in [-0.05, 0) is 50.1 Å². The summed E-state index contributed by atoms with van der Waals surface area (Å²) in [7, 11) is 1.82. The van der Waals surface area contributed by atoms with Crippen LogP contribution in [0.2, 0.25) is 0 Å². The highest BCUT2D eigenvalue weighted by Gasteiger charge is 2.16. The minimum Gasteiger partial charge on any atom is -0.492 e. The number of benzene rings is 2. The molecule has 27 heavy (non-hydrogen) atoms. The van der Waals surface area contributed by atoms with Crippen LogP contribution in [0.15, 0.2) is 42.5 Å². The summed E-state index contributed by atoms with van der Waals surface area (Å²) in [5, 5.41) is 5.77. The summed E-state index contributed by atoms with van der Waals surface area (Å²) in [4.78, 5) is 25.4. The van der Waals surface area contributed by atoms with Crippen LogP contribution in [0.3, 0.4) is 0 Å². The third kappa shape index (κ3) is 6.11. The van der Waals surface area contributed by atoms with Gasteiger partial charge in [0, 0.05) is 5.69 Å². The van der Waals surface area contributed by atoms with Crippen LogP contribution in [0.25, 0.3) is 0 Å². The zero-order valence-corrected chi connectivity index (χ0v) is 16.4. The molecule has 0 bridgehead atoms. The van der Waals surface area contributed by atoms with E-state index in [2.05, 4.69) is 10.6 Å². The molecular weight excluding hydrogens is 342 g/mol. The Hall–Kier alpha value is -2.86. The molecular formula is C21H28N3O3+. The fourth-order valence-corrected chi connectivity index (χ4v) is 2.74. The molecule has 0 heterocycles. The Bertz CT molecular complexity index is 805. The van der Waals surface area contributed by atoms with Gasteiger partial charge in [0.15, 0.2) is 13.1 Å². The summed E-state index contributed by atoms with van der Waals surface area (Å²) >= 11 is 0. The van der Waals surface area contributed by atoms with Crippen molar-refractivity contribution in [2.75, 3.05) is 37.4 Å². The van der Waals surface area contributed by atoms with Gasteiger partial charge in [0.25, 0.3) is 11.8 Å². The average molecular weight is 370 g/mol. The topological polar surface area (TPSA) is 71.9 Å². The molecule has 6 heteroatoms. The van der Waals surface area contributed by atoms with Crippen molar-refractivity contribution < 1.29 is 19.2 Å². The second-order valence-corrected chi connectivity index (χ2v) is 6.58. The molecule has 0 spiro atoms. The van der Waals surface area contributed by atoms with Gasteiger partial charge in [0.1, 0.15) is 5.75 Å². The highest BCUT2D eigenvalue weighted by molar-refractivity contribution is 5.94. The highest BCUT2D eigenvalue weighted by atomic mass is 16.5. The zero-order valence-electron chi connectivity index (χ0n) is 16.4. The molecule has 0 radical (unpaired) electrons. The van der Waals surface area contributed by atoms with E-state index in [4.69, 9.17) is 4.74 Å². The smallest absolute Gasteiger partial charge is 0.279 e. The SMILES string of the molecule is CCOc1ccccc1NC(=O)C[NH+](C)CC(=O)Nc1cccc(C)c1C. The molecule has 3 N–H and O–H groups in total. The van der Waals surface area contributed by atoms with Crippen LogP contribution in [0, 0.1) is 13.8 Å². The summed E-state index contributed by atoms with van der Waals surface area (Å²) in [5.74, 6) is 0.349. The number of amides is 2.